The Balaban J connectivity index is 1.94. The SMILES string of the molecule is CCCCCCCc1cnc(-c2ccc(OC(=O)C(C)(C#N)CC)cc2)nc1. The van der Waals surface area contributed by atoms with Gasteiger partial charge in [0.05, 0.1) is 6.07 Å². The number of aryl methyl sites for hydroxylation is 1. The summed E-state index contributed by atoms with van der Waals surface area (Å²) in [7, 11) is 0. The second kappa shape index (κ2) is 10.6. The average Bonchev–Trinajstić information content (AvgIpc) is 2.74. The predicted octanol–water partition coefficient (Wildman–Crippen LogP) is 5.50. The lowest BCUT2D eigenvalue weighted by Gasteiger charge is -2.17. The maximum absolute atomic E-state index is 12.2. The minimum Gasteiger partial charge on any atom is -0.425 e. The second-order valence-corrected chi connectivity index (χ2v) is 7.29. The molecule has 2 rings (SSSR count). The highest BCUT2D eigenvalue weighted by Crippen LogP contribution is 2.25. The summed E-state index contributed by atoms with van der Waals surface area (Å²) in [6, 6.07) is 9.06. The van der Waals surface area contributed by atoms with Crippen LogP contribution >= 0.6 is 0 Å². The molecule has 1 unspecified atom stereocenters. The lowest BCUT2D eigenvalue weighted by atomic mass is 9.90. The van der Waals surface area contributed by atoms with Crippen LogP contribution in [0.15, 0.2) is 36.7 Å². The third-order valence-corrected chi connectivity index (χ3v) is 5.00. The van der Waals surface area contributed by atoms with E-state index in [1.165, 1.54) is 32.1 Å². The number of rotatable bonds is 10. The number of hydrogen-bond acceptors (Lipinski definition) is 5. The van der Waals surface area contributed by atoms with E-state index in [1.807, 2.05) is 30.6 Å². The molecule has 0 aliphatic heterocycles. The summed E-state index contributed by atoms with van der Waals surface area (Å²) in [5.74, 6) is 0.514. The van der Waals surface area contributed by atoms with Crippen LogP contribution in [0.2, 0.25) is 0 Å². The molecular formula is C23H29N3O2. The van der Waals surface area contributed by atoms with E-state index in [0.717, 1.165) is 17.5 Å². The molecule has 5 heteroatoms. The second-order valence-electron chi connectivity index (χ2n) is 7.29. The average molecular weight is 380 g/mol. The van der Waals surface area contributed by atoms with Crippen LogP contribution in [0.25, 0.3) is 11.4 Å². The van der Waals surface area contributed by atoms with Crippen molar-refractivity contribution >= 4 is 5.97 Å². The van der Waals surface area contributed by atoms with Gasteiger partial charge in [-0.2, -0.15) is 5.26 Å². The zero-order chi connectivity index (χ0) is 20.4. The van der Waals surface area contributed by atoms with Crippen LogP contribution in [-0.4, -0.2) is 15.9 Å². The van der Waals surface area contributed by atoms with Gasteiger partial charge >= 0.3 is 5.97 Å². The van der Waals surface area contributed by atoms with Crippen molar-refractivity contribution in [2.45, 2.75) is 65.7 Å². The third-order valence-electron chi connectivity index (χ3n) is 5.00. The molecule has 0 saturated carbocycles. The molecule has 1 aromatic heterocycles. The van der Waals surface area contributed by atoms with Crippen molar-refractivity contribution < 1.29 is 9.53 Å². The monoisotopic (exact) mass is 379 g/mol. The van der Waals surface area contributed by atoms with Gasteiger partial charge in [0.25, 0.3) is 0 Å². The molecule has 28 heavy (non-hydrogen) atoms. The Labute approximate surface area is 167 Å². The topological polar surface area (TPSA) is 75.9 Å². The van der Waals surface area contributed by atoms with Crippen molar-refractivity contribution in [2.75, 3.05) is 0 Å². The van der Waals surface area contributed by atoms with E-state index >= 15 is 0 Å². The number of esters is 1. The standard InChI is InChI=1S/C23H29N3O2/c1-4-6-7-8-9-10-18-15-25-21(26-16-18)19-11-13-20(14-12-19)28-22(27)23(3,5-2)17-24/h11-16H,4-10H2,1-3H3. The van der Waals surface area contributed by atoms with Crippen LogP contribution in [0.4, 0.5) is 0 Å². The van der Waals surface area contributed by atoms with E-state index in [9.17, 15) is 10.1 Å². The fourth-order valence-corrected chi connectivity index (χ4v) is 2.73. The first kappa shape index (κ1) is 21.6. The van der Waals surface area contributed by atoms with Crippen molar-refractivity contribution in [1.29, 1.82) is 5.26 Å². The molecule has 0 amide bonds. The first-order chi connectivity index (χ1) is 13.5. The first-order valence-corrected chi connectivity index (χ1v) is 10.1. The number of hydrogen-bond donors (Lipinski definition) is 0. The molecule has 0 bridgehead atoms. The Bertz CT molecular complexity index is 794. The summed E-state index contributed by atoms with van der Waals surface area (Å²) >= 11 is 0. The molecule has 0 spiro atoms. The molecule has 0 fully saturated rings. The highest BCUT2D eigenvalue weighted by molar-refractivity contribution is 5.81. The number of unbranched alkanes of at least 4 members (excludes halogenated alkanes) is 4. The highest BCUT2D eigenvalue weighted by atomic mass is 16.5. The molecular weight excluding hydrogens is 350 g/mol. The first-order valence-electron chi connectivity index (χ1n) is 10.1. The number of carbonyl (C=O) groups is 1. The summed E-state index contributed by atoms with van der Waals surface area (Å²) in [6.07, 6.45) is 11.4. The number of nitrogens with zero attached hydrogens (tertiary/aromatic N) is 3. The van der Waals surface area contributed by atoms with Crippen molar-refractivity contribution in [1.82, 2.24) is 9.97 Å². The van der Waals surface area contributed by atoms with Gasteiger partial charge in [0.15, 0.2) is 11.2 Å². The van der Waals surface area contributed by atoms with Crippen LogP contribution in [0, 0.1) is 16.7 Å². The molecule has 0 radical (unpaired) electrons. The van der Waals surface area contributed by atoms with Crippen molar-refractivity contribution in [3.05, 3.63) is 42.2 Å². The Kier molecular flexibility index (Phi) is 8.13. The lowest BCUT2D eigenvalue weighted by Crippen LogP contribution is -2.29. The largest absolute Gasteiger partial charge is 0.425 e. The number of aromatic nitrogens is 2. The Morgan fingerprint density at radius 2 is 1.71 bits per heavy atom. The number of benzene rings is 1. The lowest BCUT2D eigenvalue weighted by molar-refractivity contribution is -0.141. The zero-order valence-corrected chi connectivity index (χ0v) is 17.1. The van der Waals surface area contributed by atoms with Gasteiger partial charge in [-0.05, 0) is 56.0 Å². The smallest absolute Gasteiger partial charge is 0.331 e. The maximum atomic E-state index is 12.2. The minimum absolute atomic E-state index is 0.402. The van der Waals surface area contributed by atoms with Gasteiger partial charge < -0.3 is 4.74 Å². The fourth-order valence-electron chi connectivity index (χ4n) is 2.73. The van der Waals surface area contributed by atoms with E-state index in [4.69, 9.17) is 4.74 Å². The van der Waals surface area contributed by atoms with Crippen LogP contribution < -0.4 is 4.74 Å². The molecule has 2 aromatic rings. The molecule has 1 atom stereocenters. The third kappa shape index (κ3) is 5.88. The minimum atomic E-state index is -1.13. The van der Waals surface area contributed by atoms with Crippen molar-refractivity contribution in [3.8, 4) is 23.2 Å². The van der Waals surface area contributed by atoms with Crippen LogP contribution in [0.5, 0.6) is 5.75 Å². The van der Waals surface area contributed by atoms with Gasteiger partial charge in [-0.1, -0.05) is 39.5 Å². The van der Waals surface area contributed by atoms with E-state index in [1.54, 1.807) is 26.0 Å². The van der Waals surface area contributed by atoms with Gasteiger partial charge in [0, 0.05) is 18.0 Å². The number of nitriles is 1. The Hall–Kier alpha value is -2.74. The summed E-state index contributed by atoms with van der Waals surface area (Å²) in [4.78, 5) is 21.1. The summed E-state index contributed by atoms with van der Waals surface area (Å²) in [6.45, 7) is 5.60. The fraction of sp³-hybridized carbons (Fsp3) is 0.478. The van der Waals surface area contributed by atoms with Crippen molar-refractivity contribution in [2.24, 2.45) is 5.41 Å². The van der Waals surface area contributed by atoms with Crippen LogP contribution in [0.1, 0.15) is 64.9 Å². The number of ether oxygens (including phenoxy) is 1. The van der Waals surface area contributed by atoms with Gasteiger partial charge in [0.2, 0.25) is 0 Å². The molecule has 0 N–H and O–H groups in total. The van der Waals surface area contributed by atoms with Gasteiger partial charge in [-0.15, -0.1) is 0 Å². The van der Waals surface area contributed by atoms with Gasteiger partial charge in [-0.3, -0.25) is 0 Å². The zero-order valence-electron chi connectivity index (χ0n) is 17.1. The van der Waals surface area contributed by atoms with Crippen LogP contribution in [0.3, 0.4) is 0 Å². The maximum Gasteiger partial charge on any atom is 0.331 e. The van der Waals surface area contributed by atoms with Crippen LogP contribution in [-0.2, 0) is 11.2 Å². The molecule has 148 valence electrons. The molecule has 1 heterocycles. The normalized spacial score (nSPS) is 12.8. The highest BCUT2D eigenvalue weighted by Gasteiger charge is 2.33. The van der Waals surface area contributed by atoms with Gasteiger partial charge in [0.1, 0.15) is 5.75 Å². The van der Waals surface area contributed by atoms with E-state index in [2.05, 4.69) is 16.9 Å². The molecule has 0 aliphatic carbocycles. The number of carbonyl (C=O) groups excluding carboxylic acids is 1. The summed E-state index contributed by atoms with van der Waals surface area (Å²) < 4.78 is 5.34. The van der Waals surface area contributed by atoms with E-state index in [-0.39, 0.29) is 0 Å². The molecule has 0 saturated heterocycles. The molecule has 5 nitrogen and oxygen atoms in total. The molecule has 0 aliphatic rings. The quantitative estimate of drug-likeness (QED) is 0.309. The van der Waals surface area contributed by atoms with Gasteiger partial charge in [-0.25, -0.2) is 14.8 Å². The molecule has 1 aromatic carbocycles. The Morgan fingerprint density at radius 1 is 1.07 bits per heavy atom. The Morgan fingerprint density at radius 3 is 2.29 bits per heavy atom. The predicted molar refractivity (Wildman–Crippen MR) is 110 cm³/mol. The van der Waals surface area contributed by atoms with E-state index in [0.29, 0.717) is 18.0 Å². The van der Waals surface area contributed by atoms with E-state index < -0.39 is 11.4 Å². The summed E-state index contributed by atoms with van der Waals surface area (Å²) in [5, 5.41) is 9.17. The summed E-state index contributed by atoms with van der Waals surface area (Å²) in [5.41, 5.74) is 0.878. The van der Waals surface area contributed by atoms with Crippen molar-refractivity contribution in [3.63, 3.8) is 0 Å².